The molecule has 0 aromatic heterocycles. The summed E-state index contributed by atoms with van der Waals surface area (Å²) < 4.78 is 0. The second-order valence-corrected chi connectivity index (χ2v) is 9.56. The molecule has 7 nitrogen and oxygen atoms in total. The monoisotopic (exact) mass is 442 g/mol. The molecule has 7 heteroatoms. The summed E-state index contributed by atoms with van der Waals surface area (Å²) in [5.41, 5.74) is 2.38. The van der Waals surface area contributed by atoms with Crippen molar-refractivity contribution in [3.63, 3.8) is 0 Å². The van der Waals surface area contributed by atoms with Crippen LogP contribution in [0, 0.1) is 12.3 Å². The number of nitrogens with zero attached hydrogens (tertiary/aromatic N) is 4. The molecular weight excluding hydrogens is 400 g/mol. The van der Waals surface area contributed by atoms with Crippen LogP contribution in [-0.4, -0.2) is 88.6 Å². The molecule has 32 heavy (non-hydrogen) atoms. The number of carbonyl (C=O) groups is 1. The Balaban J connectivity index is 1.35. The summed E-state index contributed by atoms with van der Waals surface area (Å²) in [6.45, 7) is 9.17. The number of piperazine rings is 1. The lowest BCUT2D eigenvalue weighted by Gasteiger charge is -2.36. The van der Waals surface area contributed by atoms with E-state index in [9.17, 15) is 4.79 Å². The molecule has 0 atom stereocenters. The van der Waals surface area contributed by atoms with Gasteiger partial charge < -0.3 is 20.4 Å². The molecule has 2 N–H and O–H groups in total. The first-order valence-corrected chi connectivity index (χ1v) is 12.1. The summed E-state index contributed by atoms with van der Waals surface area (Å²) in [5, 5.41) is 6.86. The maximum Gasteiger partial charge on any atom is 0.230 e. The molecule has 3 rings (SSSR count). The van der Waals surface area contributed by atoms with Gasteiger partial charge in [-0.2, -0.15) is 0 Å². The van der Waals surface area contributed by atoms with Crippen molar-refractivity contribution in [3.8, 4) is 0 Å². The van der Waals surface area contributed by atoms with E-state index < -0.39 is 0 Å². The summed E-state index contributed by atoms with van der Waals surface area (Å²) in [6, 6.07) is 8.80. The van der Waals surface area contributed by atoms with Crippen molar-refractivity contribution in [2.45, 2.75) is 39.0 Å². The number of guanidine groups is 1. The molecule has 2 aliphatic rings. The molecule has 178 valence electrons. The number of aliphatic imine (C=N–C) groups is 1. The molecule has 1 heterocycles. The first-order chi connectivity index (χ1) is 15.4. The summed E-state index contributed by atoms with van der Waals surface area (Å²) in [4.78, 5) is 23.9. The molecule has 0 bridgehead atoms. The number of anilines is 1. The number of carbonyl (C=O) groups excluding carboxylic acids is 1. The number of hydrogen-bond acceptors (Lipinski definition) is 4. The van der Waals surface area contributed by atoms with Gasteiger partial charge in [-0.1, -0.05) is 25.0 Å². The van der Waals surface area contributed by atoms with Crippen molar-refractivity contribution in [2.75, 3.05) is 71.9 Å². The fourth-order valence-corrected chi connectivity index (χ4v) is 5.03. The van der Waals surface area contributed by atoms with Crippen LogP contribution in [0.4, 0.5) is 5.69 Å². The van der Waals surface area contributed by atoms with Gasteiger partial charge in [0.15, 0.2) is 5.96 Å². The van der Waals surface area contributed by atoms with E-state index in [1.165, 1.54) is 11.3 Å². The van der Waals surface area contributed by atoms with Crippen molar-refractivity contribution in [1.29, 1.82) is 0 Å². The fraction of sp³-hybridized carbons (Fsp3) is 0.680. The van der Waals surface area contributed by atoms with Gasteiger partial charge >= 0.3 is 0 Å². The molecule has 0 spiro atoms. The normalized spacial score (nSPS) is 19.1. The van der Waals surface area contributed by atoms with Crippen LogP contribution < -0.4 is 15.5 Å². The van der Waals surface area contributed by atoms with Gasteiger partial charge in [0.2, 0.25) is 5.91 Å². The van der Waals surface area contributed by atoms with Gasteiger partial charge in [-0.15, -0.1) is 0 Å². The first kappa shape index (κ1) is 24.4. The van der Waals surface area contributed by atoms with Crippen molar-refractivity contribution in [2.24, 2.45) is 10.4 Å². The maximum absolute atomic E-state index is 12.8. The Morgan fingerprint density at radius 1 is 1.12 bits per heavy atom. The number of hydrogen-bond donors (Lipinski definition) is 2. The van der Waals surface area contributed by atoms with Crippen molar-refractivity contribution in [1.82, 2.24) is 20.4 Å². The van der Waals surface area contributed by atoms with Crippen molar-refractivity contribution < 1.29 is 4.79 Å². The number of nitrogens with one attached hydrogen (secondary N) is 2. The second-order valence-electron chi connectivity index (χ2n) is 9.56. The molecule has 0 unspecified atom stereocenters. The zero-order chi connectivity index (χ0) is 23.0. The smallest absolute Gasteiger partial charge is 0.230 e. The van der Waals surface area contributed by atoms with Gasteiger partial charge in [0, 0.05) is 66.1 Å². The molecular formula is C25H42N6O. The number of aryl methyl sites for hydroxylation is 1. The maximum atomic E-state index is 12.8. The average Bonchev–Trinajstić information content (AvgIpc) is 3.28. The second kappa shape index (κ2) is 11.5. The zero-order valence-corrected chi connectivity index (χ0v) is 20.5. The Hall–Kier alpha value is -2.28. The van der Waals surface area contributed by atoms with Crippen molar-refractivity contribution >= 4 is 17.6 Å². The van der Waals surface area contributed by atoms with Gasteiger partial charge in [-0.05, 0) is 50.4 Å². The fourth-order valence-electron chi connectivity index (χ4n) is 5.03. The summed E-state index contributed by atoms with van der Waals surface area (Å²) in [5.74, 6) is 1.04. The average molecular weight is 443 g/mol. The van der Waals surface area contributed by atoms with Crippen LogP contribution in [0.15, 0.2) is 29.3 Å². The number of benzene rings is 1. The Morgan fingerprint density at radius 3 is 2.47 bits per heavy atom. The van der Waals surface area contributed by atoms with Gasteiger partial charge in [0.1, 0.15) is 0 Å². The lowest BCUT2D eigenvalue weighted by molar-refractivity contribution is -0.138. The van der Waals surface area contributed by atoms with Crippen molar-refractivity contribution in [3.05, 3.63) is 29.8 Å². The van der Waals surface area contributed by atoms with Gasteiger partial charge in [-0.25, -0.2) is 0 Å². The Kier molecular flexibility index (Phi) is 8.79. The van der Waals surface area contributed by atoms with E-state index in [0.29, 0.717) is 6.54 Å². The third-order valence-electron chi connectivity index (χ3n) is 6.92. The van der Waals surface area contributed by atoms with Crippen LogP contribution >= 0.6 is 0 Å². The third kappa shape index (κ3) is 6.37. The third-order valence-corrected chi connectivity index (χ3v) is 6.92. The molecule has 1 saturated heterocycles. The lowest BCUT2D eigenvalue weighted by atomic mass is 9.84. The predicted octanol–water partition coefficient (Wildman–Crippen LogP) is 2.32. The minimum absolute atomic E-state index is 0.239. The quantitative estimate of drug-likeness (QED) is 0.368. The van der Waals surface area contributed by atoms with Crippen LogP contribution in [0.5, 0.6) is 0 Å². The molecule has 1 aromatic rings. The topological polar surface area (TPSA) is 63.2 Å². The van der Waals surface area contributed by atoms with E-state index in [4.69, 9.17) is 0 Å². The molecule has 0 radical (unpaired) electrons. The Bertz CT molecular complexity index is 763. The van der Waals surface area contributed by atoms with E-state index in [2.05, 4.69) is 56.6 Å². The van der Waals surface area contributed by atoms with E-state index in [1.54, 1.807) is 11.9 Å². The van der Waals surface area contributed by atoms with Crippen LogP contribution in [0.2, 0.25) is 0 Å². The lowest BCUT2D eigenvalue weighted by Crippen LogP contribution is -2.49. The standard InChI is InChI=1S/C25H42N6O/c1-21-9-7-10-22(19-21)31-17-15-30(16-18-31)14-8-13-27-24(26-2)28-20-25(11-5-6-12-25)23(32)29(3)4/h7,9-10,19H,5-6,8,11-18,20H2,1-4H3,(H2,26,27,28). The molecule has 1 aliphatic carbocycles. The number of amides is 1. The van der Waals surface area contributed by atoms with E-state index in [1.807, 2.05) is 14.1 Å². The van der Waals surface area contributed by atoms with Gasteiger partial charge in [0.25, 0.3) is 0 Å². The van der Waals surface area contributed by atoms with Gasteiger partial charge in [-0.3, -0.25) is 14.7 Å². The highest BCUT2D eigenvalue weighted by molar-refractivity contribution is 5.85. The Morgan fingerprint density at radius 2 is 1.84 bits per heavy atom. The predicted molar refractivity (Wildman–Crippen MR) is 133 cm³/mol. The highest BCUT2D eigenvalue weighted by Crippen LogP contribution is 2.38. The first-order valence-electron chi connectivity index (χ1n) is 12.1. The summed E-state index contributed by atoms with van der Waals surface area (Å²) in [6.07, 6.45) is 5.26. The Labute approximate surface area is 194 Å². The molecule has 1 aromatic carbocycles. The largest absolute Gasteiger partial charge is 0.369 e. The summed E-state index contributed by atoms with van der Waals surface area (Å²) >= 11 is 0. The SMILES string of the molecule is CN=C(NCCCN1CCN(c2cccc(C)c2)CC1)NCC1(C(=O)N(C)C)CCCC1. The highest BCUT2D eigenvalue weighted by Gasteiger charge is 2.42. The number of rotatable bonds is 8. The highest BCUT2D eigenvalue weighted by atomic mass is 16.2. The van der Waals surface area contributed by atoms with E-state index in [-0.39, 0.29) is 11.3 Å². The van der Waals surface area contributed by atoms with Crippen LogP contribution in [0.25, 0.3) is 0 Å². The van der Waals surface area contributed by atoms with E-state index >= 15 is 0 Å². The minimum atomic E-state index is -0.280. The minimum Gasteiger partial charge on any atom is -0.369 e. The van der Waals surface area contributed by atoms with Crippen LogP contribution in [-0.2, 0) is 4.79 Å². The zero-order valence-electron chi connectivity index (χ0n) is 20.5. The van der Waals surface area contributed by atoms with Crippen LogP contribution in [0.1, 0.15) is 37.7 Å². The molecule has 1 aliphatic heterocycles. The van der Waals surface area contributed by atoms with Gasteiger partial charge in [0.05, 0.1) is 5.41 Å². The van der Waals surface area contributed by atoms with Crippen LogP contribution in [0.3, 0.4) is 0 Å². The van der Waals surface area contributed by atoms with E-state index in [0.717, 1.165) is 77.3 Å². The molecule has 2 fully saturated rings. The molecule has 1 amide bonds. The molecule has 1 saturated carbocycles. The summed E-state index contributed by atoms with van der Waals surface area (Å²) in [7, 11) is 5.52.